The average Bonchev–Trinajstić information content (AvgIpc) is 3.47. The third kappa shape index (κ3) is 6.06. The van der Waals surface area contributed by atoms with E-state index < -0.39 is 0 Å². The predicted octanol–water partition coefficient (Wildman–Crippen LogP) is 6.95. The molecule has 0 bridgehead atoms. The molecule has 0 radical (unpaired) electrons. The number of furan rings is 1. The monoisotopic (exact) mass is 552 g/mol. The highest BCUT2D eigenvalue weighted by Gasteiger charge is 2.33. The zero-order valence-corrected chi connectivity index (χ0v) is 22.6. The van der Waals surface area contributed by atoms with Gasteiger partial charge < -0.3 is 14.5 Å². The van der Waals surface area contributed by atoms with Crippen LogP contribution >= 0.6 is 27.3 Å². The number of halogens is 1. The molecule has 1 aliphatic carbocycles. The molecular weight excluding hydrogens is 524 g/mol. The summed E-state index contributed by atoms with van der Waals surface area (Å²) in [4.78, 5) is 19.4. The SMILES string of the molecule is C#CCOc1ccc(Br)cc1C=Nc1sc2c(c1C(=O)NCc1ccco1)CC[C@H](C(C)(C)C)C2. The van der Waals surface area contributed by atoms with E-state index in [1.54, 1.807) is 23.8 Å². The van der Waals surface area contributed by atoms with Gasteiger partial charge in [-0.05, 0) is 66.5 Å². The van der Waals surface area contributed by atoms with Crippen molar-refractivity contribution in [1.82, 2.24) is 5.32 Å². The number of carbonyl (C=O) groups excluding carboxylic acids is 1. The summed E-state index contributed by atoms with van der Waals surface area (Å²) in [5, 5.41) is 3.72. The zero-order chi connectivity index (χ0) is 25.0. The van der Waals surface area contributed by atoms with Crippen molar-refractivity contribution in [2.75, 3.05) is 6.61 Å². The number of nitrogens with zero attached hydrogens (tertiary/aromatic N) is 1. The molecule has 5 nitrogen and oxygen atoms in total. The standard InChI is InChI=1S/C28H29BrN2O3S/c1-5-12-34-23-11-9-20(29)14-18(23)16-31-27-25(26(32)30-17-21-7-6-13-33-21)22-10-8-19(28(2,3)4)15-24(22)35-27/h1,6-7,9,11,13-14,16,19H,8,10,12,15,17H2,2-4H3,(H,30,32)/t19-/m0/s1. The Kier molecular flexibility index (Phi) is 7.83. The van der Waals surface area contributed by atoms with E-state index in [4.69, 9.17) is 20.6 Å². The van der Waals surface area contributed by atoms with E-state index in [1.807, 2.05) is 30.3 Å². The summed E-state index contributed by atoms with van der Waals surface area (Å²) in [6.07, 6.45) is 11.6. The fourth-order valence-corrected chi connectivity index (χ4v) is 5.95. The van der Waals surface area contributed by atoms with E-state index >= 15 is 0 Å². The first-order valence-electron chi connectivity index (χ1n) is 11.6. The van der Waals surface area contributed by atoms with Gasteiger partial charge in [0.25, 0.3) is 5.91 Å². The Balaban J connectivity index is 1.68. The lowest BCUT2D eigenvalue weighted by Gasteiger charge is -2.33. The lowest BCUT2D eigenvalue weighted by molar-refractivity contribution is 0.0947. The van der Waals surface area contributed by atoms with E-state index in [2.05, 4.69) is 47.9 Å². The molecule has 2 heterocycles. The molecule has 0 aliphatic heterocycles. The van der Waals surface area contributed by atoms with Crippen LogP contribution in [0.25, 0.3) is 0 Å². The van der Waals surface area contributed by atoms with Crippen LogP contribution in [0.5, 0.6) is 5.75 Å². The Labute approximate surface area is 219 Å². The van der Waals surface area contributed by atoms with Gasteiger partial charge in [0.1, 0.15) is 23.1 Å². The number of fused-ring (bicyclic) bond motifs is 1. The number of hydrogen-bond donors (Lipinski definition) is 1. The largest absolute Gasteiger partial charge is 0.480 e. The maximum atomic E-state index is 13.4. The molecule has 0 spiro atoms. The van der Waals surface area contributed by atoms with E-state index in [1.165, 1.54) is 4.88 Å². The van der Waals surface area contributed by atoms with E-state index in [9.17, 15) is 4.79 Å². The molecule has 1 atom stereocenters. The second kappa shape index (κ2) is 10.8. The molecule has 2 aromatic heterocycles. The summed E-state index contributed by atoms with van der Waals surface area (Å²) >= 11 is 5.12. The van der Waals surface area contributed by atoms with Crippen LogP contribution in [0.3, 0.4) is 0 Å². The predicted molar refractivity (Wildman–Crippen MR) is 145 cm³/mol. The molecule has 1 aromatic carbocycles. The Morgan fingerprint density at radius 2 is 2.23 bits per heavy atom. The van der Waals surface area contributed by atoms with Crippen LogP contribution in [0.1, 0.15) is 59.3 Å². The van der Waals surface area contributed by atoms with Gasteiger partial charge in [0.15, 0.2) is 0 Å². The minimum absolute atomic E-state index is 0.127. The lowest BCUT2D eigenvalue weighted by atomic mass is 9.72. The highest BCUT2D eigenvalue weighted by atomic mass is 79.9. The van der Waals surface area contributed by atoms with Crippen LogP contribution in [0.15, 0.2) is 50.5 Å². The molecule has 0 saturated carbocycles. The normalized spacial score (nSPS) is 15.6. The topological polar surface area (TPSA) is 63.8 Å². The third-order valence-electron chi connectivity index (χ3n) is 6.31. The second-order valence-corrected chi connectivity index (χ2v) is 11.7. The summed E-state index contributed by atoms with van der Waals surface area (Å²) in [7, 11) is 0. The van der Waals surface area contributed by atoms with Crippen LogP contribution < -0.4 is 10.1 Å². The molecule has 1 amide bonds. The van der Waals surface area contributed by atoms with Gasteiger partial charge in [-0.3, -0.25) is 4.79 Å². The van der Waals surface area contributed by atoms with Crippen molar-refractivity contribution in [1.29, 1.82) is 0 Å². The molecule has 182 valence electrons. The third-order valence-corrected chi connectivity index (χ3v) is 7.96. The lowest BCUT2D eigenvalue weighted by Crippen LogP contribution is -2.28. The van der Waals surface area contributed by atoms with Gasteiger partial charge in [-0.2, -0.15) is 0 Å². The summed E-state index contributed by atoms with van der Waals surface area (Å²) in [5.41, 5.74) is 2.79. The van der Waals surface area contributed by atoms with Gasteiger partial charge in [-0.1, -0.05) is 42.6 Å². The Morgan fingerprint density at radius 1 is 1.40 bits per heavy atom. The van der Waals surface area contributed by atoms with Crippen molar-refractivity contribution in [3.8, 4) is 18.1 Å². The quantitative estimate of drug-likeness (QED) is 0.255. The van der Waals surface area contributed by atoms with E-state index in [0.717, 1.165) is 34.9 Å². The first-order chi connectivity index (χ1) is 16.8. The number of hydrogen-bond acceptors (Lipinski definition) is 5. The smallest absolute Gasteiger partial charge is 0.255 e. The minimum atomic E-state index is -0.127. The number of thiophene rings is 1. The summed E-state index contributed by atoms with van der Waals surface area (Å²) in [5.74, 6) is 4.29. The van der Waals surface area contributed by atoms with Crippen molar-refractivity contribution in [2.45, 2.75) is 46.6 Å². The molecule has 1 N–H and O–H groups in total. The number of carbonyl (C=O) groups is 1. The molecule has 1 aliphatic rings. The molecule has 0 saturated heterocycles. The van der Waals surface area contributed by atoms with Crippen molar-refractivity contribution >= 4 is 44.4 Å². The van der Waals surface area contributed by atoms with Crippen molar-refractivity contribution in [2.24, 2.45) is 16.3 Å². The molecule has 4 rings (SSSR count). The van der Waals surface area contributed by atoms with Crippen LogP contribution in [-0.4, -0.2) is 18.7 Å². The molecule has 0 unspecified atom stereocenters. The number of ether oxygens (including phenoxy) is 1. The summed E-state index contributed by atoms with van der Waals surface area (Å²) < 4.78 is 12.0. The highest BCUT2D eigenvalue weighted by Crippen LogP contribution is 2.45. The maximum absolute atomic E-state index is 13.4. The number of terminal acetylenes is 1. The van der Waals surface area contributed by atoms with Crippen LogP contribution in [-0.2, 0) is 19.4 Å². The van der Waals surface area contributed by atoms with Crippen molar-refractivity contribution in [3.63, 3.8) is 0 Å². The molecular formula is C28H29BrN2O3S. The number of benzene rings is 1. The number of aliphatic imine (C=N–C) groups is 1. The first kappa shape index (κ1) is 25.3. The number of rotatable bonds is 7. The van der Waals surface area contributed by atoms with Gasteiger partial charge >= 0.3 is 0 Å². The van der Waals surface area contributed by atoms with Gasteiger partial charge in [0, 0.05) is 21.1 Å². The van der Waals surface area contributed by atoms with Crippen molar-refractivity contribution < 1.29 is 13.9 Å². The fraction of sp³-hybridized carbons (Fsp3) is 0.357. The molecule has 35 heavy (non-hydrogen) atoms. The van der Waals surface area contributed by atoms with E-state index in [-0.39, 0.29) is 17.9 Å². The Hall–Kier alpha value is -2.82. The Bertz CT molecular complexity index is 1260. The van der Waals surface area contributed by atoms with Gasteiger partial charge in [0.05, 0.1) is 18.4 Å². The summed E-state index contributed by atoms with van der Waals surface area (Å²) in [6.45, 7) is 7.37. The molecule has 0 fully saturated rings. The fourth-order valence-electron chi connectivity index (χ4n) is 4.30. The van der Waals surface area contributed by atoms with Gasteiger partial charge in [-0.15, -0.1) is 17.8 Å². The van der Waals surface area contributed by atoms with E-state index in [0.29, 0.717) is 34.5 Å². The average molecular weight is 554 g/mol. The first-order valence-corrected chi connectivity index (χ1v) is 13.2. The van der Waals surface area contributed by atoms with Crippen LogP contribution in [0.4, 0.5) is 5.00 Å². The maximum Gasteiger partial charge on any atom is 0.255 e. The van der Waals surface area contributed by atoms with Crippen LogP contribution in [0.2, 0.25) is 0 Å². The summed E-state index contributed by atoms with van der Waals surface area (Å²) in [6, 6.07) is 9.34. The van der Waals surface area contributed by atoms with Gasteiger partial charge in [-0.25, -0.2) is 4.99 Å². The Morgan fingerprint density at radius 3 is 2.94 bits per heavy atom. The highest BCUT2D eigenvalue weighted by molar-refractivity contribution is 9.10. The minimum Gasteiger partial charge on any atom is -0.480 e. The van der Waals surface area contributed by atoms with Crippen molar-refractivity contribution in [3.05, 3.63) is 68.4 Å². The molecule has 3 aromatic rings. The number of nitrogens with one attached hydrogen (secondary N) is 1. The molecule has 7 heteroatoms. The zero-order valence-electron chi connectivity index (χ0n) is 20.2. The van der Waals surface area contributed by atoms with Crippen LogP contribution in [0, 0.1) is 23.7 Å². The second-order valence-electron chi connectivity index (χ2n) is 9.68. The van der Waals surface area contributed by atoms with Gasteiger partial charge in [0.2, 0.25) is 0 Å². The number of amides is 1.